The van der Waals surface area contributed by atoms with E-state index < -0.39 is 10.0 Å². The van der Waals surface area contributed by atoms with Crippen LogP contribution in [-0.4, -0.2) is 33.2 Å². The first kappa shape index (κ1) is 24.6. The molecule has 0 aliphatic carbocycles. The van der Waals surface area contributed by atoms with Gasteiger partial charge < -0.3 is 9.47 Å². The predicted octanol–water partition coefficient (Wildman–Crippen LogP) is 5.51. The molecule has 0 atom stereocenters. The van der Waals surface area contributed by atoms with Crippen LogP contribution in [0.5, 0.6) is 11.5 Å². The molecule has 3 aromatic carbocycles. The molecule has 0 amide bonds. The van der Waals surface area contributed by atoms with Crippen LogP contribution in [0.2, 0.25) is 5.02 Å². The molecule has 3 aromatic rings. The molecule has 0 aliphatic heterocycles. The van der Waals surface area contributed by atoms with E-state index in [1.54, 1.807) is 43.5 Å². The van der Waals surface area contributed by atoms with Crippen molar-refractivity contribution in [2.45, 2.75) is 32.3 Å². The van der Waals surface area contributed by atoms with E-state index >= 15 is 0 Å². The van der Waals surface area contributed by atoms with Crippen LogP contribution in [-0.2, 0) is 16.6 Å². The summed E-state index contributed by atoms with van der Waals surface area (Å²) in [6.07, 6.45) is 1.49. The summed E-state index contributed by atoms with van der Waals surface area (Å²) < 4.78 is 37.8. The molecule has 3 rings (SSSR count). The zero-order valence-electron chi connectivity index (χ0n) is 19.3. The van der Waals surface area contributed by atoms with E-state index in [1.165, 1.54) is 13.3 Å². The molecule has 0 saturated heterocycles. The van der Waals surface area contributed by atoms with Gasteiger partial charge in [-0.2, -0.15) is 17.9 Å². The summed E-state index contributed by atoms with van der Waals surface area (Å²) in [5.74, 6) is 1.37. The molecule has 0 heterocycles. The fraction of sp³-hybridized carbons (Fsp3) is 0.240. The lowest BCUT2D eigenvalue weighted by Gasteiger charge is -2.14. The summed E-state index contributed by atoms with van der Waals surface area (Å²) in [5, 5.41) is 4.86. The van der Waals surface area contributed by atoms with Gasteiger partial charge in [-0.15, -0.1) is 0 Å². The Hall–Kier alpha value is -3.03. The second kappa shape index (κ2) is 10.3. The molecule has 0 bridgehead atoms. The zero-order valence-corrected chi connectivity index (χ0v) is 20.9. The van der Waals surface area contributed by atoms with Crippen LogP contribution in [0.4, 0.5) is 0 Å². The number of hydrazone groups is 1. The summed E-state index contributed by atoms with van der Waals surface area (Å²) in [7, 11) is -0.736. The van der Waals surface area contributed by atoms with Crippen LogP contribution in [0, 0.1) is 20.8 Å². The molecule has 8 heteroatoms. The van der Waals surface area contributed by atoms with E-state index in [2.05, 4.69) is 5.10 Å². The predicted molar refractivity (Wildman–Crippen MR) is 132 cm³/mol. The average Bonchev–Trinajstić information content (AvgIpc) is 2.79. The van der Waals surface area contributed by atoms with Gasteiger partial charge in [0.2, 0.25) is 0 Å². The SMILES string of the molecule is COc1ccc(C=NN(C)S(=O)(=O)c2ccc(C)cc2)cc1COc1cc(C)c(Cl)c(C)c1. The van der Waals surface area contributed by atoms with Crippen LogP contribution in [0.1, 0.15) is 27.8 Å². The molecule has 174 valence electrons. The first-order valence-electron chi connectivity index (χ1n) is 10.3. The second-order valence-electron chi connectivity index (χ2n) is 7.73. The number of rotatable bonds is 8. The van der Waals surface area contributed by atoms with Crippen molar-refractivity contribution in [3.8, 4) is 11.5 Å². The van der Waals surface area contributed by atoms with Gasteiger partial charge in [0.1, 0.15) is 18.1 Å². The third kappa shape index (κ3) is 5.86. The largest absolute Gasteiger partial charge is 0.496 e. The topological polar surface area (TPSA) is 68.2 Å². The fourth-order valence-corrected chi connectivity index (χ4v) is 4.28. The van der Waals surface area contributed by atoms with Crippen LogP contribution in [0.25, 0.3) is 0 Å². The van der Waals surface area contributed by atoms with E-state index in [9.17, 15) is 8.42 Å². The third-order valence-electron chi connectivity index (χ3n) is 5.14. The number of methoxy groups -OCH3 is 1. The fourth-order valence-electron chi connectivity index (χ4n) is 3.22. The summed E-state index contributed by atoms with van der Waals surface area (Å²) in [6, 6.07) is 15.9. The maximum Gasteiger partial charge on any atom is 0.278 e. The standard InChI is InChI=1S/C25H27ClN2O4S/c1-17-6-9-23(10-7-17)33(29,30)28(4)27-15-20-8-11-24(31-5)21(14-20)16-32-22-12-18(2)25(26)19(3)13-22/h6-15H,16H2,1-5H3. The van der Waals surface area contributed by atoms with E-state index in [0.717, 1.165) is 31.7 Å². The number of halogens is 1. The Labute approximate surface area is 200 Å². The number of aryl methyl sites for hydroxylation is 3. The molecule has 0 N–H and O–H groups in total. The van der Waals surface area contributed by atoms with Crippen molar-refractivity contribution in [3.63, 3.8) is 0 Å². The first-order chi connectivity index (χ1) is 15.6. The Bertz CT molecular complexity index is 1250. The van der Waals surface area contributed by atoms with Crippen molar-refractivity contribution in [2.75, 3.05) is 14.2 Å². The Morgan fingerprint density at radius 3 is 2.24 bits per heavy atom. The van der Waals surface area contributed by atoms with E-state index in [4.69, 9.17) is 21.1 Å². The molecule has 0 aliphatic rings. The Balaban J connectivity index is 1.78. The van der Waals surface area contributed by atoms with Crippen LogP contribution in [0.15, 0.2) is 64.6 Å². The van der Waals surface area contributed by atoms with Gasteiger partial charge in [0.15, 0.2) is 0 Å². The number of ether oxygens (including phenoxy) is 2. The van der Waals surface area contributed by atoms with E-state index in [0.29, 0.717) is 17.1 Å². The molecule has 0 saturated carbocycles. The normalized spacial score (nSPS) is 11.6. The van der Waals surface area contributed by atoms with Gasteiger partial charge in [-0.05, 0) is 79.9 Å². The molecule has 6 nitrogen and oxygen atoms in total. The highest BCUT2D eigenvalue weighted by molar-refractivity contribution is 7.89. The zero-order chi connectivity index (χ0) is 24.2. The van der Waals surface area contributed by atoms with Gasteiger partial charge in [-0.1, -0.05) is 29.3 Å². The molecule has 33 heavy (non-hydrogen) atoms. The molecule has 0 unspecified atom stereocenters. The second-order valence-corrected chi connectivity index (χ2v) is 10.1. The van der Waals surface area contributed by atoms with Gasteiger partial charge in [0.25, 0.3) is 10.0 Å². The summed E-state index contributed by atoms with van der Waals surface area (Å²) >= 11 is 6.24. The molecule has 0 aromatic heterocycles. The average molecular weight is 487 g/mol. The van der Waals surface area contributed by atoms with Gasteiger partial charge >= 0.3 is 0 Å². The van der Waals surface area contributed by atoms with E-state index in [1.807, 2.05) is 39.0 Å². The quantitative estimate of drug-likeness (QED) is 0.311. The Morgan fingerprint density at radius 1 is 1.00 bits per heavy atom. The molecular weight excluding hydrogens is 460 g/mol. The molecule has 0 fully saturated rings. The lowest BCUT2D eigenvalue weighted by molar-refractivity contribution is 0.296. The highest BCUT2D eigenvalue weighted by Gasteiger charge is 2.18. The first-order valence-corrected chi connectivity index (χ1v) is 12.1. The minimum atomic E-state index is -3.73. The molecule has 0 radical (unpaired) electrons. The number of hydrogen-bond donors (Lipinski definition) is 0. The van der Waals surface area contributed by atoms with Crippen molar-refractivity contribution in [3.05, 3.63) is 87.4 Å². The van der Waals surface area contributed by atoms with Crippen molar-refractivity contribution in [1.82, 2.24) is 4.41 Å². The lowest BCUT2D eigenvalue weighted by atomic mass is 10.1. The minimum absolute atomic E-state index is 0.185. The third-order valence-corrected chi connectivity index (χ3v) is 7.40. The van der Waals surface area contributed by atoms with Crippen molar-refractivity contribution >= 4 is 27.8 Å². The number of sulfonamides is 1. The van der Waals surface area contributed by atoms with Crippen molar-refractivity contribution in [1.29, 1.82) is 0 Å². The highest BCUT2D eigenvalue weighted by Crippen LogP contribution is 2.28. The summed E-state index contributed by atoms with van der Waals surface area (Å²) in [6.45, 7) is 6.03. The monoisotopic (exact) mass is 486 g/mol. The van der Waals surface area contributed by atoms with Crippen molar-refractivity contribution < 1.29 is 17.9 Å². The Morgan fingerprint density at radius 2 is 1.64 bits per heavy atom. The smallest absolute Gasteiger partial charge is 0.278 e. The number of hydrogen-bond acceptors (Lipinski definition) is 5. The van der Waals surface area contributed by atoms with Gasteiger partial charge in [-0.25, -0.2) is 0 Å². The summed E-state index contributed by atoms with van der Waals surface area (Å²) in [4.78, 5) is 0.185. The van der Waals surface area contributed by atoms with Crippen LogP contribution in [0.3, 0.4) is 0 Å². The maximum atomic E-state index is 12.7. The number of benzene rings is 3. The van der Waals surface area contributed by atoms with Crippen molar-refractivity contribution in [2.24, 2.45) is 5.10 Å². The highest BCUT2D eigenvalue weighted by atomic mass is 35.5. The van der Waals surface area contributed by atoms with Crippen LogP contribution >= 0.6 is 11.6 Å². The number of nitrogens with zero attached hydrogens (tertiary/aromatic N) is 2. The Kier molecular flexibility index (Phi) is 7.66. The lowest BCUT2D eigenvalue weighted by Crippen LogP contribution is -2.21. The van der Waals surface area contributed by atoms with Gasteiger partial charge in [0, 0.05) is 17.6 Å². The van der Waals surface area contributed by atoms with Crippen LogP contribution < -0.4 is 9.47 Å². The summed E-state index contributed by atoms with van der Waals surface area (Å²) in [5.41, 5.74) is 4.38. The minimum Gasteiger partial charge on any atom is -0.496 e. The molecule has 0 spiro atoms. The van der Waals surface area contributed by atoms with E-state index in [-0.39, 0.29) is 11.5 Å². The maximum absolute atomic E-state index is 12.7. The van der Waals surface area contributed by atoms with Gasteiger partial charge in [0.05, 0.1) is 18.2 Å². The molecular formula is C25H27ClN2O4S. The van der Waals surface area contributed by atoms with Gasteiger partial charge in [-0.3, -0.25) is 0 Å².